The van der Waals surface area contributed by atoms with E-state index < -0.39 is 0 Å². The van der Waals surface area contributed by atoms with Crippen molar-refractivity contribution in [2.24, 2.45) is 0 Å². The van der Waals surface area contributed by atoms with Gasteiger partial charge < -0.3 is 11.1 Å². The molecule has 6 nitrogen and oxygen atoms in total. The summed E-state index contributed by atoms with van der Waals surface area (Å²) < 4.78 is 0. The van der Waals surface area contributed by atoms with Gasteiger partial charge in [-0.15, -0.1) is 0 Å². The number of aromatic nitrogens is 1. The first-order valence-corrected chi connectivity index (χ1v) is 9.05. The number of thioether (sulfide) groups is 1. The lowest BCUT2D eigenvalue weighted by atomic mass is 10.1. The molecule has 0 unspecified atom stereocenters. The summed E-state index contributed by atoms with van der Waals surface area (Å²) in [6.07, 6.45) is 0. The molecule has 0 radical (unpaired) electrons. The number of hydrogen-bond acceptors (Lipinski definition) is 6. The zero-order valence-electron chi connectivity index (χ0n) is 13.6. The van der Waals surface area contributed by atoms with Gasteiger partial charge in [0, 0.05) is 6.54 Å². The molecule has 0 atom stereocenters. The summed E-state index contributed by atoms with van der Waals surface area (Å²) in [6.45, 7) is 1.92. The maximum absolute atomic E-state index is 12.0. The summed E-state index contributed by atoms with van der Waals surface area (Å²) in [7, 11) is 0. The number of anilines is 1. The Bertz CT molecular complexity index is 950. The quantitative estimate of drug-likeness (QED) is 0.735. The third-order valence-corrected chi connectivity index (χ3v) is 5.19. The van der Waals surface area contributed by atoms with E-state index in [0.717, 1.165) is 17.3 Å². The molecule has 1 aromatic carbocycles. The van der Waals surface area contributed by atoms with Crippen LogP contribution in [0.5, 0.6) is 0 Å². The second-order valence-corrected chi connectivity index (χ2v) is 6.99. The van der Waals surface area contributed by atoms with Crippen LogP contribution in [0.1, 0.15) is 22.3 Å². The second kappa shape index (κ2) is 8.77. The normalized spacial score (nSPS) is 10.0. The maximum Gasteiger partial charge on any atom is 0.230 e. The van der Waals surface area contributed by atoms with Crippen LogP contribution in [-0.2, 0) is 11.3 Å². The van der Waals surface area contributed by atoms with Gasteiger partial charge in [0.15, 0.2) is 0 Å². The van der Waals surface area contributed by atoms with Crippen LogP contribution in [-0.4, -0.2) is 16.6 Å². The molecule has 0 aliphatic heterocycles. The highest BCUT2D eigenvalue weighted by atomic mass is 35.5. The number of pyridine rings is 1. The Morgan fingerprint density at radius 3 is 2.58 bits per heavy atom. The molecule has 1 aromatic heterocycles. The van der Waals surface area contributed by atoms with Gasteiger partial charge in [0.1, 0.15) is 23.0 Å². The third kappa shape index (κ3) is 4.59. The van der Waals surface area contributed by atoms with E-state index in [1.54, 1.807) is 25.1 Å². The molecule has 0 saturated heterocycles. The van der Waals surface area contributed by atoms with E-state index in [-0.39, 0.29) is 28.6 Å². The number of rotatable bonds is 5. The molecule has 0 spiro atoms. The first kappa shape index (κ1) is 19.9. The van der Waals surface area contributed by atoms with Gasteiger partial charge in [-0.1, -0.05) is 41.0 Å². The van der Waals surface area contributed by atoms with Crippen LogP contribution in [0.15, 0.2) is 23.2 Å². The molecule has 9 heteroatoms. The van der Waals surface area contributed by atoms with Crippen molar-refractivity contribution in [3.63, 3.8) is 0 Å². The van der Waals surface area contributed by atoms with Gasteiger partial charge in [-0.2, -0.15) is 10.5 Å². The van der Waals surface area contributed by atoms with E-state index in [1.165, 1.54) is 0 Å². The predicted octanol–water partition coefficient (Wildman–Crippen LogP) is 3.43. The lowest BCUT2D eigenvalue weighted by Gasteiger charge is -2.10. The van der Waals surface area contributed by atoms with E-state index in [2.05, 4.69) is 10.3 Å². The number of nitrogen functional groups attached to an aromatic ring is 1. The summed E-state index contributed by atoms with van der Waals surface area (Å²) in [5.41, 5.74) is 7.44. The SMILES string of the molecule is Cc1c(C#N)c(N)nc(SCC(=O)NCc2ccc(Cl)c(Cl)c2)c1C#N. The number of carbonyl (C=O) groups excluding carboxylic acids is 1. The van der Waals surface area contributed by atoms with Crippen LogP contribution in [0, 0.1) is 29.6 Å². The van der Waals surface area contributed by atoms with Crippen molar-refractivity contribution >= 4 is 46.7 Å². The van der Waals surface area contributed by atoms with Crippen molar-refractivity contribution in [3.8, 4) is 12.1 Å². The fraction of sp³-hybridized carbons (Fsp3) is 0.176. The van der Waals surface area contributed by atoms with Crippen LogP contribution in [0.4, 0.5) is 5.82 Å². The number of carbonyl (C=O) groups is 1. The highest BCUT2D eigenvalue weighted by Gasteiger charge is 2.16. The van der Waals surface area contributed by atoms with E-state index >= 15 is 0 Å². The Morgan fingerprint density at radius 2 is 1.96 bits per heavy atom. The molecule has 2 rings (SSSR count). The zero-order valence-corrected chi connectivity index (χ0v) is 16.0. The summed E-state index contributed by atoms with van der Waals surface area (Å²) in [4.78, 5) is 16.1. The average Bonchev–Trinajstić information content (AvgIpc) is 2.61. The minimum atomic E-state index is -0.243. The standard InChI is InChI=1S/C17H13Cl2N5OS/c1-9-11(5-20)16(22)24-17(12(9)6-21)26-8-15(25)23-7-10-2-3-13(18)14(19)4-10/h2-4H,7-8H2,1H3,(H2,22,24)(H,23,25). The van der Waals surface area contributed by atoms with Crippen molar-refractivity contribution in [1.29, 1.82) is 10.5 Å². The van der Waals surface area contributed by atoms with Gasteiger partial charge in [-0.05, 0) is 30.2 Å². The van der Waals surface area contributed by atoms with Crippen molar-refractivity contribution in [1.82, 2.24) is 10.3 Å². The van der Waals surface area contributed by atoms with E-state index in [1.807, 2.05) is 12.1 Å². The van der Waals surface area contributed by atoms with Gasteiger partial charge in [0.25, 0.3) is 0 Å². The van der Waals surface area contributed by atoms with Crippen LogP contribution in [0.25, 0.3) is 0 Å². The fourth-order valence-electron chi connectivity index (χ4n) is 2.11. The topological polar surface area (TPSA) is 116 Å². The lowest BCUT2D eigenvalue weighted by molar-refractivity contribution is -0.118. The predicted molar refractivity (Wildman–Crippen MR) is 102 cm³/mol. The fourth-order valence-corrected chi connectivity index (χ4v) is 3.31. The van der Waals surface area contributed by atoms with Gasteiger partial charge in [-0.25, -0.2) is 4.98 Å². The number of nitriles is 2. The number of benzene rings is 1. The minimum Gasteiger partial charge on any atom is -0.383 e. The third-order valence-electron chi connectivity index (χ3n) is 3.48. The Kier molecular flexibility index (Phi) is 6.70. The van der Waals surface area contributed by atoms with Crippen LogP contribution < -0.4 is 11.1 Å². The van der Waals surface area contributed by atoms with E-state index in [9.17, 15) is 10.1 Å². The smallest absolute Gasteiger partial charge is 0.230 e. The molecule has 26 heavy (non-hydrogen) atoms. The summed E-state index contributed by atoms with van der Waals surface area (Å²) in [5.74, 6) is -0.150. The molecule has 1 amide bonds. The Morgan fingerprint density at radius 1 is 1.27 bits per heavy atom. The molecule has 2 aromatic rings. The summed E-state index contributed by atoms with van der Waals surface area (Å²) in [5, 5.41) is 22.3. The minimum absolute atomic E-state index is 0.0442. The zero-order chi connectivity index (χ0) is 19.3. The lowest BCUT2D eigenvalue weighted by Crippen LogP contribution is -2.24. The number of nitrogens with zero attached hydrogens (tertiary/aromatic N) is 3. The molecule has 3 N–H and O–H groups in total. The van der Waals surface area contributed by atoms with Crippen LogP contribution in [0.3, 0.4) is 0 Å². The molecule has 0 aliphatic carbocycles. The van der Waals surface area contributed by atoms with Gasteiger partial charge in [0.05, 0.1) is 26.9 Å². The van der Waals surface area contributed by atoms with Crippen molar-refractivity contribution in [3.05, 3.63) is 50.5 Å². The summed E-state index contributed by atoms with van der Waals surface area (Å²) in [6, 6.07) is 9.04. The molecule has 1 heterocycles. The van der Waals surface area contributed by atoms with Crippen LogP contribution in [0.2, 0.25) is 10.0 Å². The van der Waals surface area contributed by atoms with E-state index in [4.69, 9.17) is 34.2 Å². The number of amides is 1. The average molecular weight is 406 g/mol. The molecule has 0 saturated carbocycles. The molecular weight excluding hydrogens is 393 g/mol. The highest BCUT2D eigenvalue weighted by Crippen LogP contribution is 2.27. The highest BCUT2D eigenvalue weighted by molar-refractivity contribution is 8.00. The van der Waals surface area contributed by atoms with Gasteiger partial charge in [-0.3, -0.25) is 4.79 Å². The number of nitrogens with two attached hydrogens (primary N) is 1. The molecular formula is C17H13Cl2N5OS. The van der Waals surface area contributed by atoms with Crippen molar-refractivity contribution in [2.45, 2.75) is 18.5 Å². The van der Waals surface area contributed by atoms with E-state index in [0.29, 0.717) is 27.2 Å². The molecule has 132 valence electrons. The first-order chi connectivity index (χ1) is 12.4. The maximum atomic E-state index is 12.0. The Balaban J connectivity index is 2.02. The van der Waals surface area contributed by atoms with Crippen molar-refractivity contribution < 1.29 is 4.79 Å². The summed E-state index contributed by atoms with van der Waals surface area (Å²) >= 11 is 12.9. The molecule has 0 fully saturated rings. The second-order valence-electron chi connectivity index (χ2n) is 5.21. The number of hydrogen-bond donors (Lipinski definition) is 2. The monoisotopic (exact) mass is 405 g/mol. The Labute approximate surface area is 164 Å². The largest absolute Gasteiger partial charge is 0.383 e. The number of nitrogens with one attached hydrogen (secondary N) is 1. The van der Waals surface area contributed by atoms with Crippen molar-refractivity contribution in [2.75, 3.05) is 11.5 Å². The van der Waals surface area contributed by atoms with Gasteiger partial charge >= 0.3 is 0 Å². The van der Waals surface area contributed by atoms with Crippen LogP contribution >= 0.6 is 35.0 Å². The molecule has 0 aliphatic rings. The Hall–Kier alpha value is -2.45. The first-order valence-electron chi connectivity index (χ1n) is 7.31. The number of halogens is 2. The molecule has 0 bridgehead atoms. The van der Waals surface area contributed by atoms with Gasteiger partial charge in [0.2, 0.25) is 5.91 Å².